The molecule has 0 spiro atoms. The molecule has 0 heterocycles. The molecule has 0 saturated heterocycles. The van der Waals surface area contributed by atoms with Crippen molar-refractivity contribution < 1.29 is 33.3 Å². The largest absolute Gasteiger partial charge is 0.497 e. The number of hydrogen-bond acceptors (Lipinski definition) is 8. The lowest BCUT2D eigenvalue weighted by atomic mass is 9.98. The Morgan fingerprint density at radius 1 is 0.963 bits per heavy atom. The SMILES string of the molecule is CCOC(=O)[C@H](Nc1ccc(OC)cc1)C(Cl)(C(=O)OCC)C(=O)OCC. The fourth-order valence-corrected chi connectivity index (χ4v) is 2.44. The second-order valence-electron chi connectivity index (χ2n) is 5.21. The highest BCUT2D eigenvalue weighted by Gasteiger charge is 2.58. The number of carbonyl (C=O) groups excluding carboxylic acids is 3. The quantitative estimate of drug-likeness (QED) is 0.275. The standard InChI is InChI=1S/C18H24ClNO7/c1-5-25-15(21)14(20-12-8-10-13(24-4)11-9-12)18(19,16(22)26-6-2)17(23)27-7-3/h8-11,14,20H,5-7H2,1-4H3/t14-/m0/s1. The van der Waals surface area contributed by atoms with Gasteiger partial charge >= 0.3 is 17.9 Å². The summed E-state index contributed by atoms with van der Waals surface area (Å²) in [7, 11) is 1.51. The first-order chi connectivity index (χ1) is 12.8. The van der Waals surface area contributed by atoms with Crippen LogP contribution in [-0.4, -0.2) is 55.8 Å². The number of carbonyl (C=O) groups is 3. The molecule has 0 aliphatic heterocycles. The van der Waals surface area contributed by atoms with Crippen molar-refractivity contribution in [3.8, 4) is 5.75 Å². The third-order valence-electron chi connectivity index (χ3n) is 3.47. The molecule has 0 radical (unpaired) electrons. The van der Waals surface area contributed by atoms with E-state index in [-0.39, 0.29) is 19.8 Å². The zero-order chi connectivity index (χ0) is 20.4. The van der Waals surface area contributed by atoms with E-state index in [1.54, 1.807) is 45.0 Å². The van der Waals surface area contributed by atoms with Gasteiger partial charge in [0.15, 0.2) is 6.04 Å². The Labute approximate surface area is 163 Å². The molecule has 8 nitrogen and oxygen atoms in total. The number of ether oxygens (including phenoxy) is 4. The predicted molar refractivity (Wildman–Crippen MR) is 98.9 cm³/mol. The van der Waals surface area contributed by atoms with Crippen molar-refractivity contribution in [3.63, 3.8) is 0 Å². The normalized spacial score (nSPS) is 11.9. The van der Waals surface area contributed by atoms with Gasteiger partial charge in [0.05, 0.1) is 26.9 Å². The van der Waals surface area contributed by atoms with Crippen LogP contribution in [0.15, 0.2) is 24.3 Å². The van der Waals surface area contributed by atoms with Crippen LogP contribution in [0, 0.1) is 0 Å². The molecule has 0 unspecified atom stereocenters. The van der Waals surface area contributed by atoms with Crippen LogP contribution in [0.2, 0.25) is 0 Å². The first-order valence-corrected chi connectivity index (χ1v) is 8.83. The summed E-state index contributed by atoms with van der Waals surface area (Å²) in [6, 6.07) is 4.88. The summed E-state index contributed by atoms with van der Waals surface area (Å²) in [5.74, 6) is -2.53. The van der Waals surface area contributed by atoms with Gasteiger partial charge in [0.2, 0.25) is 0 Å². The average Bonchev–Trinajstić information content (AvgIpc) is 2.66. The molecule has 0 aliphatic carbocycles. The van der Waals surface area contributed by atoms with Crippen molar-refractivity contribution in [3.05, 3.63) is 24.3 Å². The lowest BCUT2D eigenvalue weighted by Crippen LogP contribution is -2.59. The molecule has 1 rings (SSSR count). The van der Waals surface area contributed by atoms with Crippen LogP contribution in [0.5, 0.6) is 5.75 Å². The highest BCUT2D eigenvalue weighted by Crippen LogP contribution is 2.29. The molecular weight excluding hydrogens is 378 g/mol. The fourth-order valence-electron chi connectivity index (χ4n) is 2.19. The minimum atomic E-state index is -2.46. The summed E-state index contributed by atoms with van der Waals surface area (Å²) < 4.78 is 19.9. The average molecular weight is 402 g/mol. The Hall–Kier alpha value is -2.48. The molecule has 0 bridgehead atoms. The lowest BCUT2D eigenvalue weighted by molar-refractivity contribution is -0.164. The van der Waals surface area contributed by atoms with Crippen molar-refractivity contribution in [2.75, 3.05) is 32.2 Å². The van der Waals surface area contributed by atoms with Gasteiger partial charge in [-0.1, -0.05) is 11.6 Å². The Balaban J connectivity index is 3.34. The van der Waals surface area contributed by atoms with Crippen LogP contribution in [0.3, 0.4) is 0 Å². The van der Waals surface area contributed by atoms with Gasteiger partial charge in [0, 0.05) is 5.69 Å². The van der Waals surface area contributed by atoms with Crippen LogP contribution in [0.25, 0.3) is 0 Å². The summed E-state index contributed by atoms with van der Waals surface area (Å²) in [5.41, 5.74) is 0.410. The lowest BCUT2D eigenvalue weighted by Gasteiger charge is -2.30. The summed E-state index contributed by atoms with van der Waals surface area (Å²) in [4.78, 5) is 35.1. The number of methoxy groups -OCH3 is 1. The van der Waals surface area contributed by atoms with Crippen molar-refractivity contribution in [1.29, 1.82) is 0 Å². The van der Waals surface area contributed by atoms with Gasteiger partial charge in [-0.25, -0.2) is 14.4 Å². The summed E-state index contributed by atoms with van der Waals surface area (Å²) in [6.07, 6.45) is 0. The van der Waals surface area contributed by atoms with E-state index in [4.69, 9.17) is 30.5 Å². The minimum absolute atomic E-state index is 0.0260. The summed E-state index contributed by atoms with van der Waals surface area (Å²) >= 11 is 6.37. The van der Waals surface area contributed by atoms with Crippen LogP contribution in [-0.2, 0) is 28.6 Å². The Bertz CT molecular complexity index is 630. The predicted octanol–water partition coefficient (Wildman–Crippen LogP) is 2.14. The van der Waals surface area contributed by atoms with Gasteiger partial charge in [-0.05, 0) is 45.0 Å². The van der Waals surface area contributed by atoms with E-state index in [1.807, 2.05) is 0 Å². The van der Waals surface area contributed by atoms with Crippen LogP contribution < -0.4 is 10.1 Å². The van der Waals surface area contributed by atoms with E-state index in [0.29, 0.717) is 11.4 Å². The minimum Gasteiger partial charge on any atom is -0.497 e. The number of anilines is 1. The molecule has 0 amide bonds. The van der Waals surface area contributed by atoms with Crippen molar-refractivity contribution in [1.82, 2.24) is 0 Å². The van der Waals surface area contributed by atoms with Gasteiger partial charge in [0.25, 0.3) is 4.87 Å². The summed E-state index contributed by atoms with van der Waals surface area (Å²) in [6.45, 7) is 4.65. The monoisotopic (exact) mass is 401 g/mol. The number of alkyl halides is 1. The third-order valence-corrected chi connectivity index (χ3v) is 3.99. The third kappa shape index (κ3) is 5.50. The molecule has 1 aromatic carbocycles. The Morgan fingerprint density at radius 2 is 1.44 bits per heavy atom. The molecule has 27 heavy (non-hydrogen) atoms. The topological polar surface area (TPSA) is 100 Å². The second-order valence-corrected chi connectivity index (χ2v) is 5.81. The molecule has 0 aliphatic rings. The Kier molecular flexibility index (Phi) is 8.87. The van der Waals surface area contributed by atoms with Crippen molar-refractivity contribution in [2.24, 2.45) is 0 Å². The number of rotatable bonds is 10. The fraction of sp³-hybridized carbons (Fsp3) is 0.500. The first kappa shape index (κ1) is 22.6. The zero-order valence-corrected chi connectivity index (χ0v) is 16.5. The summed E-state index contributed by atoms with van der Waals surface area (Å²) in [5, 5.41) is 2.77. The van der Waals surface area contributed by atoms with E-state index in [1.165, 1.54) is 7.11 Å². The van der Waals surface area contributed by atoms with Crippen LogP contribution >= 0.6 is 11.6 Å². The molecule has 9 heteroatoms. The van der Waals surface area contributed by atoms with E-state index < -0.39 is 28.8 Å². The van der Waals surface area contributed by atoms with Gasteiger partial charge in [0.1, 0.15) is 5.75 Å². The zero-order valence-electron chi connectivity index (χ0n) is 15.7. The highest BCUT2D eigenvalue weighted by molar-refractivity contribution is 6.47. The van der Waals surface area contributed by atoms with Crippen LogP contribution in [0.4, 0.5) is 5.69 Å². The van der Waals surface area contributed by atoms with Gasteiger partial charge in [-0.15, -0.1) is 0 Å². The molecule has 0 saturated carbocycles. The molecule has 0 aromatic heterocycles. The first-order valence-electron chi connectivity index (χ1n) is 8.45. The van der Waals surface area contributed by atoms with E-state index >= 15 is 0 Å². The number of esters is 3. The van der Waals surface area contributed by atoms with Gasteiger partial charge in [-0.2, -0.15) is 0 Å². The van der Waals surface area contributed by atoms with E-state index in [0.717, 1.165) is 0 Å². The molecule has 1 aromatic rings. The maximum Gasteiger partial charge on any atom is 0.341 e. The molecule has 1 atom stereocenters. The second kappa shape index (κ2) is 10.6. The smallest absolute Gasteiger partial charge is 0.341 e. The maximum atomic E-state index is 12.5. The Morgan fingerprint density at radius 3 is 1.85 bits per heavy atom. The molecule has 1 N–H and O–H groups in total. The molecular formula is C18H24ClNO7. The number of benzene rings is 1. The van der Waals surface area contributed by atoms with Crippen LogP contribution in [0.1, 0.15) is 20.8 Å². The number of hydrogen-bond donors (Lipinski definition) is 1. The van der Waals surface area contributed by atoms with E-state index in [2.05, 4.69) is 5.32 Å². The van der Waals surface area contributed by atoms with Gasteiger partial charge in [-0.3, -0.25) is 0 Å². The molecule has 150 valence electrons. The highest BCUT2D eigenvalue weighted by atomic mass is 35.5. The van der Waals surface area contributed by atoms with Crippen molar-refractivity contribution >= 4 is 35.2 Å². The maximum absolute atomic E-state index is 12.5. The van der Waals surface area contributed by atoms with Crippen molar-refractivity contribution in [2.45, 2.75) is 31.7 Å². The number of halogens is 1. The number of nitrogens with one attached hydrogen (secondary N) is 1. The van der Waals surface area contributed by atoms with Gasteiger partial charge < -0.3 is 24.3 Å². The molecule has 0 fully saturated rings. The van der Waals surface area contributed by atoms with E-state index in [9.17, 15) is 14.4 Å².